The Kier molecular flexibility index (Phi) is 9.62. The number of nitrogens with one attached hydrogen (secondary N) is 2. The van der Waals surface area contributed by atoms with Crippen LogP contribution < -0.4 is 15.4 Å². The van der Waals surface area contributed by atoms with Crippen LogP contribution in [0.25, 0.3) is 6.08 Å². The van der Waals surface area contributed by atoms with Gasteiger partial charge in [0.1, 0.15) is 29.8 Å². The average molecular weight is 578 g/mol. The van der Waals surface area contributed by atoms with Gasteiger partial charge in [0.2, 0.25) is 12.4 Å². The molecule has 2 heterocycles. The second-order valence-electron chi connectivity index (χ2n) is 8.70. The van der Waals surface area contributed by atoms with Crippen LogP contribution in [0.2, 0.25) is 0 Å². The van der Waals surface area contributed by atoms with Crippen LogP contribution in [-0.2, 0) is 52.5 Å². The van der Waals surface area contributed by atoms with Crippen molar-refractivity contribution in [1.29, 1.82) is 0 Å². The molecule has 0 spiro atoms. The van der Waals surface area contributed by atoms with E-state index in [1.54, 1.807) is 0 Å². The largest absolute Gasteiger partial charge is 0.507 e. The van der Waals surface area contributed by atoms with E-state index in [2.05, 4.69) is 0 Å². The fourth-order valence-corrected chi connectivity index (χ4v) is 3.90. The highest BCUT2D eigenvalue weighted by molar-refractivity contribution is 6.31. The van der Waals surface area contributed by atoms with Gasteiger partial charge in [0.15, 0.2) is 12.2 Å². The van der Waals surface area contributed by atoms with Gasteiger partial charge in [-0.25, -0.2) is 4.79 Å². The summed E-state index contributed by atoms with van der Waals surface area (Å²) in [5, 5.41) is 14.3. The summed E-state index contributed by atoms with van der Waals surface area (Å²) in [4.78, 5) is 82.4. The minimum atomic E-state index is -1.56. The molecule has 16 nitrogen and oxygen atoms in total. The van der Waals surface area contributed by atoms with Crippen LogP contribution in [-0.4, -0.2) is 84.1 Å². The molecule has 0 aliphatic carbocycles. The lowest BCUT2D eigenvalue weighted by Gasteiger charge is -2.43. The number of barbiturate groups is 1. The number of carbonyl (C=O) groups is 7. The molecule has 220 valence electrons. The minimum Gasteiger partial charge on any atom is -0.507 e. The molecular weight excluding hydrogens is 552 g/mol. The number of hydrogen-bond donors (Lipinski definition) is 3. The van der Waals surface area contributed by atoms with Crippen LogP contribution >= 0.6 is 0 Å². The normalized spacial score (nSPS) is 23.9. The Hall–Kier alpha value is -4.99. The summed E-state index contributed by atoms with van der Waals surface area (Å²) in [6.45, 7) is 3.86. The van der Waals surface area contributed by atoms with Crippen molar-refractivity contribution in [3.05, 3.63) is 29.3 Å². The van der Waals surface area contributed by atoms with E-state index in [1.165, 1.54) is 12.1 Å². The van der Waals surface area contributed by atoms with Gasteiger partial charge < -0.3 is 33.5 Å². The molecule has 16 heteroatoms. The number of imide groups is 2. The van der Waals surface area contributed by atoms with Gasteiger partial charge >= 0.3 is 29.9 Å². The first kappa shape index (κ1) is 30.6. The molecular formula is C25H26N2O14. The highest BCUT2D eigenvalue weighted by Crippen LogP contribution is 2.33. The van der Waals surface area contributed by atoms with Crippen molar-refractivity contribution >= 4 is 47.8 Å². The summed E-state index contributed by atoms with van der Waals surface area (Å²) in [6, 6.07) is 2.64. The number of ether oxygens (including phenoxy) is 6. The molecule has 0 saturated carbocycles. The Morgan fingerprint density at radius 2 is 1.41 bits per heavy atom. The fourth-order valence-electron chi connectivity index (χ4n) is 3.90. The predicted molar refractivity (Wildman–Crippen MR) is 130 cm³/mol. The molecule has 1 aromatic rings. The molecule has 41 heavy (non-hydrogen) atoms. The smallest absolute Gasteiger partial charge is 0.328 e. The van der Waals surface area contributed by atoms with Crippen LogP contribution in [0, 0.1) is 0 Å². The van der Waals surface area contributed by atoms with E-state index < -0.39 is 90.4 Å². The summed E-state index contributed by atoms with van der Waals surface area (Å²) in [5.74, 6) is -5.68. The Morgan fingerprint density at radius 3 is 1.95 bits per heavy atom. The zero-order valence-corrected chi connectivity index (χ0v) is 22.2. The molecule has 5 atom stereocenters. The van der Waals surface area contributed by atoms with E-state index in [1.807, 2.05) is 10.6 Å². The maximum Gasteiger partial charge on any atom is 0.328 e. The number of benzene rings is 1. The number of rotatable bonds is 8. The summed E-state index contributed by atoms with van der Waals surface area (Å²) in [6.07, 6.45) is -6.15. The van der Waals surface area contributed by atoms with Gasteiger partial charge in [0.25, 0.3) is 11.8 Å². The maximum absolute atomic E-state index is 12.0. The molecule has 0 aromatic heterocycles. The molecule has 2 aliphatic rings. The zero-order chi connectivity index (χ0) is 30.4. The van der Waals surface area contributed by atoms with E-state index in [-0.39, 0.29) is 11.3 Å². The van der Waals surface area contributed by atoms with Crippen LogP contribution in [0.4, 0.5) is 4.79 Å². The molecule has 3 rings (SSSR count). The molecule has 3 N–H and O–H groups in total. The van der Waals surface area contributed by atoms with Gasteiger partial charge in [-0.1, -0.05) is 0 Å². The van der Waals surface area contributed by atoms with Crippen LogP contribution in [0.15, 0.2) is 23.8 Å². The Balaban J connectivity index is 1.95. The summed E-state index contributed by atoms with van der Waals surface area (Å²) in [5.41, 5.74) is -0.457. The SMILES string of the molecule is CC(=O)OCC1OC(Oc2ccc(C=C3C(=O)NC(=O)NC3=O)c(O)c2)C(OC(C)=O)C(OC(C)=O)C1OC(C)=O. The Labute approximate surface area is 231 Å². The van der Waals surface area contributed by atoms with Gasteiger partial charge in [0.05, 0.1) is 0 Å². The standard InChI is InChI=1S/C25H26N2O14/c1-10(28)36-9-18-19(37-11(2)29)20(38-12(3)30)21(39-13(4)31)24(41-18)40-15-6-5-14(17(32)8-15)7-16-22(33)26-25(35)27-23(16)34/h5-8,18-21,24,32H,9H2,1-4H3,(H2,26,27,33,34,35). The van der Waals surface area contributed by atoms with E-state index in [0.717, 1.165) is 39.8 Å². The van der Waals surface area contributed by atoms with E-state index >= 15 is 0 Å². The van der Waals surface area contributed by atoms with Crippen LogP contribution in [0.1, 0.15) is 33.3 Å². The molecule has 4 amide bonds. The number of phenolic OH excluding ortho intramolecular Hbond substituents is 1. The van der Waals surface area contributed by atoms with E-state index in [4.69, 9.17) is 28.4 Å². The molecule has 2 saturated heterocycles. The highest BCUT2D eigenvalue weighted by atomic mass is 16.7. The Morgan fingerprint density at radius 1 is 0.854 bits per heavy atom. The van der Waals surface area contributed by atoms with Crippen molar-refractivity contribution in [2.24, 2.45) is 0 Å². The fraction of sp³-hybridized carbons (Fsp3) is 0.400. The molecule has 0 bridgehead atoms. The van der Waals surface area contributed by atoms with Crippen molar-refractivity contribution in [2.45, 2.75) is 58.4 Å². The summed E-state index contributed by atoms with van der Waals surface area (Å²) < 4.78 is 32.5. The van der Waals surface area contributed by atoms with Gasteiger partial charge in [-0.15, -0.1) is 0 Å². The topological polar surface area (TPSA) is 219 Å². The average Bonchev–Trinajstić information content (AvgIpc) is 2.84. The quantitative estimate of drug-likeness (QED) is 0.155. The number of amides is 4. The summed E-state index contributed by atoms with van der Waals surface area (Å²) in [7, 11) is 0. The minimum absolute atomic E-state index is 0.00598. The molecule has 2 fully saturated rings. The first-order valence-electron chi connectivity index (χ1n) is 11.9. The van der Waals surface area contributed by atoms with Crippen LogP contribution in [0.5, 0.6) is 11.5 Å². The number of urea groups is 1. The number of aromatic hydroxyl groups is 1. The monoisotopic (exact) mass is 578 g/mol. The van der Waals surface area contributed by atoms with E-state index in [0.29, 0.717) is 0 Å². The lowest BCUT2D eigenvalue weighted by atomic mass is 9.98. The lowest BCUT2D eigenvalue weighted by molar-refractivity contribution is -0.288. The predicted octanol–water partition coefficient (Wildman–Crippen LogP) is -0.396. The highest BCUT2D eigenvalue weighted by Gasteiger charge is 2.53. The van der Waals surface area contributed by atoms with Crippen LogP contribution in [0.3, 0.4) is 0 Å². The van der Waals surface area contributed by atoms with E-state index in [9.17, 15) is 38.7 Å². The third-order valence-corrected chi connectivity index (χ3v) is 5.45. The lowest BCUT2D eigenvalue weighted by Crippen LogP contribution is -2.63. The first-order chi connectivity index (χ1) is 19.2. The molecule has 0 radical (unpaired) electrons. The zero-order valence-electron chi connectivity index (χ0n) is 22.2. The maximum atomic E-state index is 12.0. The summed E-state index contributed by atoms with van der Waals surface area (Å²) >= 11 is 0. The van der Waals surface area contributed by atoms with Crippen molar-refractivity contribution in [1.82, 2.24) is 10.6 Å². The first-order valence-corrected chi connectivity index (χ1v) is 11.9. The second kappa shape index (κ2) is 12.9. The van der Waals surface area contributed by atoms with Crippen molar-refractivity contribution in [3.63, 3.8) is 0 Å². The van der Waals surface area contributed by atoms with Crippen molar-refractivity contribution < 1.29 is 67.1 Å². The van der Waals surface area contributed by atoms with Gasteiger partial charge in [-0.3, -0.25) is 39.4 Å². The second-order valence-corrected chi connectivity index (χ2v) is 8.70. The van der Waals surface area contributed by atoms with Crippen molar-refractivity contribution in [3.8, 4) is 11.5 Å². The third kappa shape index (κ3) is 8.01. The third-order valence-electron chi connectivity index (χ3n) is 5.45. The number of hydrogen-bond acceptors (Lipinski definition) is 14. The number of carbonyl (C=O) groups excluding carboxylic acids is 7. The molecule has 1 aromatic carbocycles. The Bertz CT molecular complexity index is 1280. The van der Waals surface area contributed by atoms with Gasteiger partial charge in [0, 0.05) is 39.3 Å². The number of phenols is 1. The van der Waals surface area contributed by atoms with Gasteiger partial charge in [-0.05, 0) is 18.2 Å². The molecule has 5 unspecified atom stereocenters. The number of esters is 4. The van der Waals surface area contributed by atoms with Crippen molar-refractivity contribution in [2.75, 3.05) is 6.61 Å². The van der Waals surface area contributed by atoms with Gasteiger partial charge in [-0.2, -0.15) is 0 Å². The molecule has 2 aliphatic heterocycles.